The van der Waals surface area contributed by atoms with Crippen LogP contribution >= 0.6 is 0 Å². The number of hydrogen-bond acceptors (Lipinski definition) is 1. The average molecular weight is 412 g/mol. The molecule has 3 rings (SSSR count). The maximum Gasteiger partial charge on any atom is 0.0467 e. The molecule has 0 aliphatic heterocycles. The van der Waals surface area contributed by atoms with Gasteiger partial charge in [0.2, 0.25) is 0 Å². The Hall–Kier alpha value is -2.80. The fourth-order valence-corrected chi connectivity index (χ4v) is 4.06. The van der Waals surface area contributed by atoms with Gasteiger partial charge in [-0.1, -0.05) is 90.1 Å². The van der Waals surface area contributed by atoms with E-state index in [4.69, 9.17) is 0 Å². The van der Waals surface area contributed by atoms with E-state index >= 15 is 0 Å². The van der Waals surface area contributed by atoms with Crippen molar-refractivity contribution in [3.05, 3.63) is 96.1 Å². The van der Waals surface area contributed by atoms with Gasteiger partial charge in [0, 0.05) is 17.1 Å². The summed E-state index contributed by atoms with van der Waals surface area (Å²) < 4.78 is 0. The zero-order valence-corrected chi connectivity index (χ0v) is 19.9. The molecule has 162 valence electrons. The van der Waals surface area contributed by atoms with Crippen LogP contribution in [0.25, 0.3) is 6.08 Å². The van der Waals surface area contributed by atoms with E-state index in [-0.39, 0.29) is 5.41 Å². The summed E-state index contributed by atoms with van der Waals surface area (Å²) in [6.07, 6.45) is 5.46. The van der Waals surface area contributed by atoms with Crippen LogP contribution < -0.4 is 4.90 Å². The summed E-state index contributed by atoms with van der Waals surface area (Å²) in [5, 5.41) is 0. The Kier molecular flexibility index (Phi) is 7.38. The highest BCUT2D eigenvalue weighted by atomic mass is 15.1. The van der Waals surface area contributed by atoms with E-state index < -0.39 is 0 Å². The van der Waals surface area contributed by atoms with Crippen LogP contribution in [0.15, 0.2) is 79.4 Å². The molecule has 0 spiro atoms. The minimum absolute atomic E-state index is 0.184. The molecule has 1 heteroatoms. The molecule has 0 saturated carbocycles. The van der Waals surface area contributed by atoms with Gasteiger partial charge >= 0.3 is 0 Å². The lowest BCUT2D eigenvalue weighted by Gasteiger charge is -2.28. The number of benzene rings is 3. The van der Waals surface area contributed by atoms with Crippen LogP contribution in [0.1, 0.15) is 76.5 Å². The Balaban J connectivity index is 2.04. The summed E-state index contributed by atoms with van der Waals surface area (Å²) in [4.78, 5) is 2.34. The van der Waals surface area contributed by atoms with E-state index in [1.165, 1.54) is 35.3 Å². The Bertz CT molecular complexity index is 980. The topological polar surface area (TPSA) is 3.24 Å². The molecule has 1 atom stereocenters. The third-order valence-electron chi connectivity index (χ3n) is 6.60. The van der Waals surface area contributed by atoms with E-state index in [2.05, 4.69) is 119 Å². The number of anilines is 3. The van der Waals surface area contributed by atoms with Crippen molar-refractivity contribution in [2.24, 2.45) is 0 Å². The molecular weight excluding hydrogens is 374 g/mol. The molecule has 0 heterocycles. The number of nitrogens with zero attached hydrogens (tertiary/aromatic N) is 1. The average Bonchev–Trinajstić information content (AvgIpc) is 2.80. The monoisotopic (exact) mass is 411 g/mol. The first kappa shape index (κ1) is 22.9. The van der Waals surface area contributed by atoms with Gasteiger partial charge in [-0.15, -0.1) is 0 Å². The second-order valence-electron chi connectivity index (χ2n) is 9.20. The van der Waals surface area contributed by atoms with Crippen molar-refractivity contribution in [3.8, 4) is 0 Å². The van der Waals surface area contributed by atoms with Gasteiger partial charge in [-0.05, 0) is 77.3 Å². The summed E-state index contributed by atoms with van der Waals surface area (Å²) in [5.41, 5.74) is 7.59. The fraction of sp³-hybridized carbons (Fsp3) is 0.333. The highest BCUT2D eigenvalue weighted by molar-refractivity contribution is 5.78. The van der Waals surface area contributed by atoms with Gasteiger partial charge in [-0.2, -0.15) is 0 Å². The third-order valence-corrected chi connectivity index (χ3v) is 6.60. The molecular formula is C30H37N. The van der Waals surface area contributed by atoms with Crippen LogP contribution in [0, 0.1) is 0 Å². The molecule has 0 aromatic heterocycles. The molecule has 0 aliphatic carbocycles. The van der Waals surface area contributed by atoms with Crippen molar-refractivity contribution < 1.29 is 0 Å². The maximum absolute atomic E-state index is 3.95. The quantitative estimate of drug-likeness (QED) is 0.339. The molecule has 0 fully saturated rings. The molecule has 1 nitrogen and oxygen atoms in total. The van der Waals surface area contributed by atoms with Crippen molar-refractivity contribution >= 4 is 23.1 Å². The Morgan fingerprint density at radius 2 is 1.48 bits per heavy atom. The second-order valence-corrected chi connectivity index (χ2v) is 9.20. The van der Waals surface area contributed by atoms with E-state index in [1.807, 2.05) is 6.08 Å². The summed E-state index contributed by atoms with van der Waals surface area (Å²) in [6.45, 7) is 15.4. The summed E-state index contributed by atoms with van der Waals surface area (Å²) >= 11 is 0. The van der Waals surface area contributed by atoms with Crippen molar-refractivity contribution in [3.63, 3.8) is 0 Å². The normalized spacial score (nSPS) is 12.4. The minimum Gasteiger partial charge on any atom is -0.310 e. The van der Waals surface area contributed by atoms with Crippen LogP contribution in [-0.2, 0) is 5.41 Å². The molecule has 0 amide bonds. The van der Waals surface area contributed by atoms with Gasteiger partial charge in [0.05, 0.1) is 0 Å². The maximum atomic E-state index is 3.95. The lowest BCUT2D eigenvalue weighted by Crippen LogP contribution is -2.16. The first-order valence-corrected chi connectivity index (χ1v) is 11.6. The first-order chi connectivity index (χ1) is 14.9. The predicted molar refractivity (Wildman–Crippen MR) is 138 cm³/mol. The highest BCUT2D eigenvalue weighted by Crippen LogP contribution is 2.37. The summed E-state index contributed by atoms with van der Waals surface area (Å²) in [5.74, 6) is 0.590. The third kappa shape index (κ3) is 5.28. The molecule has 0 radical (unpaired) electrons. The van der Waals surface area contributed by atoms with Gasteiger partial charge in [0.1, 0.15) is 0 Å². The van der Waals surface area contributed by atoms with E-state index in [0.29, 0.717) is 5.92 Å². The van der Waals surface area contributed by atoms with Gasteiger partial charge in [-0.25, -0.2) is 0 Å². The molecule has 0 bridgehead atoms. The lowest BCUT2D eigenvalue weighted by molar-refractivity contribution is 0.506. The van der Waals surface area contributed by atoms with Crippen molar-refractivity contribution in [2.75, 3.05) is 4.90 Å². The van der Waals surface area contributed by atoms with Crippen LogP contribution in [-0.4, -0.2) is 0 Å². The number of hydrogen-bond donors (Lipinski definition) is 0. The van der Waals surface area contributed by atoms with E-state index in [9.17, 15) is 0 Å². The first-order valence-electron chi connectivity index (χ1n) is 11.6. The Labute approximate surface area is 189 Å². The molecule has 3 aromatic carbocycles. The largest absolute Gasteiger partial charge is 0.310 e. The standard InChI is InChI=1S/C30H37N/c1-7-11-23(4)25-14-18-27(19-15-25)31(29-13-10-12-24(8-2)22-29)28-20-16-26(17-21-28)30(5,6)9-3/h8,10,12-23H,2,7,9,11H2,1,3-6H3. The van der Waals surface area contributed by atoms with E-state index in [0.717, 1.165) is 17.7 Å². The van der Waals surface area contributed by atoms with Crippen LogP contribution in [0.4, 0.5) is 17.1 Å². The Morgan fingerprint density at radius 3 is 2.03 bits per heavy atom. The lowest BCUT2D eigenvalue weighted by atomic mass is 9.82. The highest BCUT2D eigenvalue weighted by Gasteiger charge is 2.19. The Morgan fingerprint density at radius 1 is 0.871 bits per heavy atom. The van der Waals surface area contributed by atoms with Crippen molar-refractivity contribution in [2.45, 2.75) is 65.2 Å². The molecule has 0 N–H and O–H groups in total. The van der Waals surface area contributed by atoms with Crippen LogP contribution in [0.3, 0.4) is 0 Å². The van der Waals surface area contributed by atoms with Crippen molar-refractivity contribution in [1.82, 2.24) is 0 Å². The van der Waals surface area contributed by atoms with Gasteiger partial charge in [0.15, 0.2) is 0 Å². The fourth-order valence-electron chi connectivity index (χ4n) is 4.06. The molecule has 3 aromatic rings. The zero-order chi connectivity index (χ0) is 22.4. The molecule has 0 aliphatic rings. The van der Waals surface area contributed by atoms with Crippen molar-refractivity contribution in [1.29, 1.82) is 0 Å². The summed E-state index contributed by atoms with van der Waals surface area (Å²) in [7, 11) is 0. The van der Waals surface area contributed by atoms with E-state index in [1.54, 1.807) is 0 Å². The minimum atomic E-state index is 0.184. The van der Waals surface area contributed by atoms with Gasteiger partial charge < -0.3 is 4.90 Å². The second kappa shape index (κ2) is 10.0. The van der Waals surface area contributed by atoms with Crippen LogP contribution in [0.5, 0.6) is 0 Å². The molecule has 1 unspecified atom stereocenters. The van der Waals surface area contributed by atoms with Gasteiger partial charge in [0.25, 0.3) is 0 Å². The smallest absolute Gasteiger partial charge is 0.0467 e. The number of rotatable bonds is 9. The SMILES string of the molecule is C=Cc1cccc(N(c2ccc(C(C)CCC)cc2)c2ccc(C(C)(C)CC)cc2)c1. The zero-order valence-electron chi connectivity index (χ0n) is 19.9. The van der Waals surface area contributed by atoms with Gasteiger partial charge in [-0.3, -0.25) is 0 Å². The predicted octanol–water partition coefficient (Wildman–Crippen LogP) is 9.39. The summed E-state index contributed by atoms with van der Waals surface area (Å²) in [6, 6.07) is 26.7. The molecule has 0 saturated heterocycles. The van der Waals surface area contributed by atoms with Crippen LogP contribution in [0.2, 0.25) is 0 Å². The molecule has 31 heavy (non-hydrogen) atoms.